The van der Waals surface area contributed by atoms with Crippen molar-refractivity contribution in [3.63, 3.8) is 0 Å². The molecule has 9 heteroatoms. The number of benzene rings is 1. The zero-order valence-corrected chi connectivity index (χ0v) is 16.1. The maximum atomic E-state index is 13.2. The Morgan fingerprint density at radius 1 is 1.25 bits per heavy atom. The van der Waals surface area contributed by atoms with Gasteiger partial charge in [0.1, 0.15) is 23.4 Å². The summed E-state index contributed by atoms with van der Waals surface area (Å²) in [5, 5.41) is 4.84. The summed E-state index contributed by atoms with van der Waals surface area (Å²) in [5.41, 5.74) is 0.851. The van der Waals surface area contributed by atoms with E-state index in [1.807, 2.05) is 6.92 Å². The minimum absolute atomic E-state index is 0.112. The highest BCUT2D eigenvalue weighted by molar-refractivity contribution is 6.30. The molecule has 1 atom stereocenters. The van der Waals surface area contributed by atoms with Crippen molar-refractivity contribution in [1.82, 2.24) is 19.6 Å². The molecule has 0 spiro atoms. The Kier molecular flexibility index (Phi) is 5.15. The van der Waals surface area contributed by atoms with Crippen LogP contribution >= 0.6 is 11.6 Å². The second-order valence-electron chi connectivity index (χ2n) is 6.54. The summed E-state index contributed by atoms with van der Waals surface area (Å²) < 4.78 is 11.9. The van der Waals surface area contributed by atoms with Gasteiger partial charge >= 0.3 is 0 Å². The largest absolute Gasteiger partial charge is 0.378 e. The lowest BCUT2D eigenvalue weighted by molar-refractivity contribution is -0.139. The highest BCUT2D eigenvalue weighted by Gasteiger charge is 2.28. The molecule has 28 heavy (non-hydrogen) atoms. The average molecular weight is 403 g/mol. The van der Waals surface area contributed by atoms with Crippen molar-refractivity contribution in [2.24, 2.45) is 0 Å². The summed E-state index contributed by atoms with van der Waals surface area (Å²) in [7, 11) is 0. The van der Waals surface area contributed by atoms with E-state index in [0.717, 1.165) is 0 Å². The van der Waals surface area contributed by atoms with Crippen molar-refractivity contribution >= 4 is 28.6 Å². The molecule has 8 nitrogen and oxygen atoms in total. The van der Waals surface area contributed by atoms with Gasteiger partial charge in [0.05, 0.1) is 13.2 Å². The number of amides is 1. The van der Waals surface area contributed by atoms with E-state index in [1.54, 1.807) is 29.2 Å². The van der Waals surface area contributed by atoms with Crippen LogP contribution in [0.4, 0.5) is 0 Å². The molecule has 3 aromatic rings. The minimum atomic E-state index is -0.643. The van der Waals surface area contributed by atoms with Crippen LogP contribution in [0, 0.1) is 0 Å². The van der Waals surface area contributed by atoms with Gasteiger partial charge in [-0.2, -0.15) is 0 Å². The minimum Gasteiger partial charge on any atom is -0.378 e. The molecular weight excluding hydrogens is 384 g/mol. The van der Waals surface area contributed by atoms with Gasteiger partial charge in [-0.25, -0.2) is 4.98 Å². The van der Waals surface area contributed by atoms with Crippen molar-refractivity contribution in [1.29, 1.82) is 0 Å². The predicted octanol–water partition coefficient (Wildman–Crippen LogP) is 2.51. The third-order valence-electron chi connectivity index (χ3n) is 4.87. The predicted molar refractivity (Wildman–Crippen MR) is 103 cm³/mol. The van der Waals surface area contributed by atoms with E-state index in [9.17, 15) is 9.59 Å². The van der Waals surface area contributed by atoms with Gasteiger partial charge in [0.25, 0.3) is 11.3 Å². The zero-order valence-electron chi connectivity index (χ0n) is 15.3. The second kappa shape index (κ2) is 7.73. The summed E-state index contributed by atoms with van der Waals surface area (Å²) in [6, 6.07) is 6.29. The van der Waals surface area contributed by atoms with Gasteiger partial charge in [-0.1, -0.05) is 35.8 Å². The molecule has 1 fully saturated rings. The lowest BCUT2D eigenvalue weighted by atomic mass is 10.1. The van der Waals surface area contributed by atoms with E-state index >= 15 is 0 Å². The number of halogens is 1. The average Bonchev–Trinajstić information content (AvgIpc) is 3.16. The number of fused-ring (bicyclic) bond motifs is 1. The standard InChI is InChI=1S/C19H19ClN4O4/c1-2-14(18(25)23-7-9-27-10-8-23)24-11-21-17-15(19(24)26)16(22-28-17)12-3-5-13(20)6-4-12/h3-6,11,14H,2,7-10H2,1H3/t14-/m0/s1. The van der Waals surface area contributed by atoms with Crippen molar-refractivity contribution in [2.45, 2.75) is 19.4 Å². The fourth-order valence-electron chi connectivity index (χ4n) is 3.37. The fraction of sp³-hybridized carbons (Fsp3) is 0.368. The molecule has 0 saturated carbocycles. The van der Waals surface area contributed by atoms with Crippen molar-refractivity contribution in [2.75, 3.05) is 26.3 Å². The number of hydrogen-bond acceptors (Lipinski definition) is 6. The zero-order chi connectivity index (χ0) is 19.7. The number of ether oxygens (including phenoxy) is 1. The van der Waals surface area contributed by atoms with E-state index in [1.165, 1.54) is 10.9 Å². The smallest absolute Gasteiger partial charge is 0.267 e. The van der Waals surface area contributed by atoms with Crippen LogP contribution in [0.2, 0.25) is 5.02 Å². The molecule has 4 rings (SSSR count). The number of carbonyl (C=O) groups excluding carboxylic acids is 1. The van der Waals surface area contributed by atoms with Crippen LogP contribution in [0.1, 0.15) is 19.4 Å². The summed E-state index contributed by atoms with van der Waals surface area (Å²) in [5.74, 6) is -0.112. The molecule has 0 N–H and O–H groups in total. The summed E-state index contributed by atoms with van der Waals surface area (Å²) >= 11 is 5.94. The molecule has 2 aromatic heterocycles. The third-order valence-corrected chi connectivity index (χ3v) is 5.12. The van der Waals surface area contributed by atoms with Crippen molar-refractivity contribution < 1.29 is 14.1 Å². The topological polar surface area (TPSA) is 90.5 Å². The van der Waals surface area contributed by atoms with Crippen LogP contribution in [0.25, 0.3) is 22.4 Å². The Morgan fingerprint density at radius 2 is 1.96 bits per heavy atom. The van der Waals surface area contributed by atoms with E-state index in [-0.39, 0.29) is 22.6 Å². The molecule has 0 bridgehead atoms. The number of rotatable bonds is 4. The molecule has 3 heterocycles. The highest BCUT2D eigenvalue weighted by atomic mass is 35.5. The number of morpholine rings is 1. The molecule has 1 amide bonds. The molecule has 146 valence electrons. The molecule has 1 aliphatic heterocycles. The highest BCUT2D eigenvalue weighted by Crippen LogP contribution is 2.26. The van der Waals surface area contributed by atoms with Crippen LogP contribution in [0.15, 0.2) is 39.9 Å². The maximum absolute atomic E-state index is 13.2. The normalized spacial score (nSPS) is 15.7. The number of aromatic nitrogens is 3. The van der Waals surface area contributed by atoms with E-state index < -0.39 is 6.04 Å². The van der Waals surface area contributed by atoms with Crippen LogP contribution in [0.5, 0.6) is 0 Å². The molecule has 1 aromatic carbocycles. The Labute approximate surface area is 165 Å². The SMILES string of the molecule is CC[C@@H](C(=O)N1CCOCC1)n1cnc2onc(-c3ccc(Cl)cc3)c2c1=O. The van der Waals surface area contributed by atoms with E-state index in [0.29, 0.717) is 49.0 Å². The summed E-state index contributed by atoms with van der Waals surface area (Å²) in [6.45, 7) is 3.90. The van der Waals surface area contributed by atoms with Gasteiger partial charge in [0.2, 0.25) is 5.91 Å². The van der Waals surface area contributed by atoms with Crippen LogP contribution in [-0.4, -0.2) is 51.8 Å². The maximum Gasteiger partial charge on any atom is 0.267 e. The Balaban J connectivity index is 1.78. The monoisotopic (exact) mass is 402 g/mol. The first kappa shape index (κ1) is 18.6. The first-order chi connectivity index (χ1) is 13.6. The Bertz CT molecular complexity index is 1050. The van der Waals surface area contributed by atoms with Gasteiger partial charge in [-0.05, 0) is 18.6 Å². The van der Waals surface area contributed by atoms with Gasteiger partial charge < -0.3 is 14.2 Å². The molecule has 1 saturated heterocycles. The number of carbonyl (C=O) groups is 1. The van der Waals surface area contributed by atoms with Crippen molar-refractivity contribution in [3.8, 4) is 11.3 Å². The van der Waals surface area contributed by atoms with Crippen molar-refractivity contribution in [3.05, 3.63) is 46.0 Å². The molecular formula is C19H19ClN4O4. The quantitative estimate of drug-likeness (QED) is 0.666. The molecule has 0 aliphatic carbocycles. The van der Waals surface area contributed by atoms with Gasteiger partial charge in [0.15, 0.2) is 0 Å². The Hall–Kier alpha value is -2.71. The molecule has 1 aliphatic rings. The number of hydrogen-bond donors (Lipinski definition) is 0. The van der Waals surface area contributed by atoms with Crippen LogP contribution in [-0.2, 0) is 9.53 Å². The van der Waals surface area contributed by atoms with E-state index in [2.05, 4.69) is 10.1 Å². The van der Waals surface area contributed by atoms with Gasteiger partial charge in [0, 0.05) is 23.7 Å². The number of nitrogens with zero attached hydrogens (tertiary/aromatic N) is 4. The molecule has 0 radical (unpaired) electrons. The van der Waals surface area contributed by atoms with Crippen LogP contribution in [0.3, 0.4) is 0 Å². The van der Waals surface area contributed by atoms with Gasteiger partial charge in [-0.15, -0.1) is 0 Å². The lowest BCUT2D eigenvalue weighted by Crippen LogP contribution is -2.45. The van der Waals surface area contributed by atoms with Crippen LogP contribution < -0.4 is 5.56 Å². The lowest BCUT2D eigenvalue weighted by Gasteiger charge is -2.30. The van der Waals surface area contributed by atoms with Gasteiger partial charge in [-0.3, -0.25) is 14.2 Å². The molecule has 0 unspecified atom stereocenters. The fourth-order valence-corrected chi connectivity index (χ4v) is 3.50. The third kappa shape index (κ3) is 3.29. The second-order valence-corrected chi connectivity index (χ2v) is 6.97. The summed E-state index contributed by atoms with van der Waals surface area (Å²) in [6.07, 6.45) is 1.82. The Morgan fingerprint density at radius 3 is 2.64 bits per heavy atom. The summed E-state index contributed by atoms with van der Waals surface area (Å²) in [4.78, 5) is 32.2. The van der Waals surface area contributed by atoms with E-state index in [4.69, 9.17) is 20.9 Å². The first-order valence-corrected chi connectivity index (χ1v) is 9.47. The first-order valence-electron chi connectivity index (χ1n) is 9.09.